The number of thioether (sulfide) groups is 1. The Hall–Kier alpha value is -1.74. The largest absolute Gasteiger partial charge is 0.341 e. The maximum Gasteiger partial charge on any atom is 0.117 e. The van der Waals surface area contributed by atoms with Gasteiger partial charge in [-0.2, -0.15) is 0 Å². The van der Waals surface area contributed by atoms with E-state index in [0.717, 1.165) is 22.6 Å². The minimum atomic E-state index is 0.481. The number of aromatic amines is 1. The van der Waals surface area contributed by atoms with E-state index in [0.29, 0.717) is 5.25 Å². The van der Waals surface area contributed by atoms with Crippen LogP contribution in [0.1, 0.15) is 23.6 Å². The van der Waals surface area contributed by atoms with Crippen molar-refractivity contribution in [3.63, 3.8) is 0 Å². The maximum absolute atomic E-state index is 4.60. The number of fused-ring (bicyclic) bond motifs is 1. The highest BCUT2D eigenvalue weighted by Crippen LogP contribution is 2.30. The van der Waals surface area contributed by atoms with Gasteiger partial charge in [-0.3, -0.25) is 0 Å². The van der Waals surface area contributed by atoms with E-state index in [-0.39, 0.29) is 0 Å². The predicted octanol–water partition coefficient (Wildman–Crippen LogP) is 4.56. The van der Waals surface area contributed by atoms with Crippen LogP contribution in [0.4, 0.5) is 0 Å². The maximum atomic E-state index is 4.60. The quantitative estimate of drug-likeness (QED) is 0.751. The summed E-state index contributed by atoms with van der Waals surface area (Å²) in [6, 6.07) is 18.8. The number of para-hydroxylation sites is 2. The first-order chi connectivity index (χ1) is 9.33. The van der Waals surface area contributed by atoms with Crippen molar-refractivity contribution in [1.82, 2.24) is 9.97 Å². The average Bonchev–Trinajstić information content (AvgIpc) is 2.88. The molecule has 0 spiro atoms. The molecule has 0 saturated heterocycles. The van der Waals surface area contributed by atoms with E-state index in [9.17, 15) is 0 Å². The summed E-state index contributed by atoms with van der Waals surface area (Å²) in [6.07, 6.45) is 0. The third-order valence-corrected chi connectivity index (χ3v) is 4.39. The van der Waals surface area contributed by atoms with Crippen molar-refractivity contribution >= 4 is 22.8 Å². The molecule has 1 N–H and O–H groups in total. The Labute approximate surface area is 117 Å². The van der Waals surface area contributed by atoms with Crippen LogP contribution in [0, 0.1) is 0 Å². The van der Waals surface area contributed by atoms with Gasteiger partial charge in [-0.05, 0) is 24.6 Å². The molecule has 3 aromatic rings. The minimum Gasteiger partial charge on any atom is -0.341 e. The molecule has 0 saturated carbocycles. The Kier molecular flexibility index (Phi) is 3.56. The molecule has 0 aliphatic heterocycles. The number of hydrogen-bond donors (Lipinski definition) is 1. The first kappa shape index (κ1) is 12.3. The number of rotatable bonds is 4. The number of imidazole rings is 1. The van der Waals surface area contributed by atoms with E-state index in [1.54, 1.807) is 0 Å². The van der Waals surface area contributed by atoms with Crippen molar-refractivity contribution in [1.29, 1.82) is 0 Å². The summed E-state index contributed by atoms with van der Waals surface area (Å²) in [4.78, 5) is 7.97. The van der Waals surface area contributed by atoms with Crippen LogP contribution in [-0.4, -0.2) is 9.97 Å². The molecule has 1 aromatic heterocycles. The van der Waals surface area contributed by atoms with E-state index in [4.69, 9.17) is 0 Å². The van der Waals surface area contributed by atoms with Crippen LogP contribution in [0.25, 0.3) is 11.0 Å². The van der Waals surface area contributed by atoms with Crippen LogP contribution in [0.2, 0.25) is 0 Å². The zero-order valence-electron chi connectivity index (χ0n) is 10.8. The molecule has 3 heteroatoms. The zero-order valence-corrected chi connectivity index (χ0v) is 11.7. The van der Waals surface area contributed by atoms with Crippen molar-refractivity contribution in [2.24, 2.45) is 0 Å². The van der Waals surface area contributed by atoms with Crippen LogP contribution in [0.3, 0.4) is 0 Å². The summed E-state index contributed by atoms with van der Waals surface area (Å²) in [5, 5.41) is 0.481. The molecule has 0 aliphatic carbocycles. The van der Waals surface area contributed by atoms with Crippen molar-refractivity contribution in [3.8, 4) is 0 Å². The first-order valence-electron chi connectivity index (χ1n) is 6.43. The van der Waals surface area contributed by atoms with Crippen LogP contribution >= 0.6 is 11.8 Å². The van der Waals surface area contributed by atoms with Gasteiger partial charge in [0.2, 0.25) is 0 Å². The fraction of sp³-hybridized carbons (Fsp3) is 0.188. The van der Waals surface area contributed by atoms with E-state index in [1.165, 1.54) is 5.56 Å². The molecule has 96 valence electrons. The summed E-state index contributed by atoms with van der Waals surface area (Å²) in [6.45, 7) is 2.24. The van der Waals surface area contributed by atoms with Gasteiger partial charge in [0.15, 0.2) is 0 Å². The van der Waals surface area contributed by atoms with Crippen molar-refractivity contribution < 1.29 is 0 Å². The fourth-order valence-corrected chi connectivity index (χ4v) is 2.99. The SMILES string of the molecule is C[C@@H](SCc1nc2ccccc2[nH]1)c1ccccc1. The Morgan fingerprint density at radius 3 is 2.58 bits per heavy atom. The molecule has 2 aromatic carbocycles. The lowest BCUT2D eigenvalue weighted by Gasteiger charge is -2.10. The standard InChI is InChI=1S/C16H16N2S/c1-12(13-7-3-2-4-8-13)19-11-16-17-14-9-5-6-10-15(14)18-16/h2-10,12H,11H2,1H3,(H,17,18)/t12-/m1/s1. The Bertz CT molecular complexity index is 628. The third-order valence-electron chi connectivity index (χ3n) is 3.18. The molecule has 3 rings (SSSR count). The topological polar surface area (TPSA) is 28.7 Å². The lowest BCUT2D eigenvalue weighted by Crippen LogP contribution is -1.90. The second kappa shape index (κ2) is 5.49. The highest BCUT2D eigenvalue weighted by Gasteiger charge is 2.08. The summed E-state index contributed by atoms with van der Waals surface area (Å²) in [5.74, 6) is 1.96. The van der Waals surface area contributed by atoms with E-state index in [2.05, 4.69) is 53.3 Å². The van der Waals surface area contributed by atoms with Gasteiger partial charge < -0.3 is 4.98 Å². The predicted molar refractivity (Wildman–Crippen MR) is 82.2 cm³/mol. The lowest BCUT2D eigenvalue weighted by molar-refractivity contribution is 1.07. The highest BCUT2D eigenvalue weighted by atomic mass is 32.2. The molecule has 0 amide bonds. The molecule has 1 atom stereocenters. The molecule has 19 heavy (non-hydrogen) atoms. The van der Waals surface area contributed by atoms with Gasteiger partial charge in [0.05, 0.1) is 16.8 Å². The first-order valence-corrected chi connectivity index (χ1v) is 7.48. The smallest absolute Gasteiger partial charge is 0.117 e. The van der Waals surface area contributed by atoms with Gasteiger partial charge in [-0.15, -0.1) is 11.8 Å². The van der Waals surface area contributed by atoms with Gasteiger partial charge in [-0.1, -0.05) is 42.5 Å². The number of hydrogen-bond acceptors (Lipinski definition) is 2. The zero-order chi connectivity index (χ0) is 13.1. The molecule has 2 nitrogen and oxygen atoms in total. The third kappa shape index (κ3) is 2.82. The van der Waals surface area contributed by atoms with Crippen molar-refractivity contribution in [2.75, 3.05) is 0 Å². The summed E-state index contributed by atoms with van der Waals surface area (Å²) in [5.41, 5.74) is 3.53. The second-order valence-corrected chi connectivity index (χ2v) is 5.89. The fourth-order valence-electron chi connectivity index (χ4n) is 2.10. The lowest BCUT2D eigenvalue weighted by atomic mass is 10.2. The number of benzene rings is 2. The van der Waals surface area contributed by atoms with Crippen molar-refractivity contribution in [2.45, 2.75) is 17.9 Å². The summed E-state index contributed by atoms with van der Waals surface area (Å²) in [7, 11) is 0. The molecule has 0 unspecified atom stereocenters. The van der Waals surface area contributed by atoms with Gasteiger partial charge >= 0.3 is 0 Å². The van der Waals surface area contributed by atoms with Crippen LogP contribution in [0.5, 0.6) is 0 Å². The number of nitrogens with one attached hydrogen (secondary N) is 1. The summed E-state index contributed by atoms with van der Waals surface area (Å²) < 4.78 is 0. The van der Waals surface area contributed by atoms with Gasteiger partial charge in [0, 0.05) is 5.25 Å². The molecule has 0 aliphatic rings. The normalized spacial score (nSPS) is 12.7. The highest BCUT2D eigenvalue weighted by molar-refractivity contribution is 7.98. The monoisotopic (exact) mass is 268 g/mol. The minimum absolute atomic E-state index is 0.481. The van der Waals surface area contributed by atoms with E-state index < -0.39 is 0 Å². The van der Waals surface area contributed by atoms with Crippen LogP contribution < -0.4 is 0 Å². The molecular formula is C16H16N2S. The molecule has 0 radical (unpaired) electrons. The van der Waals surface area contributed by atoms with Gasteiger partial charge in [0.25, 0.3) is 0 Å². The number of H-pyrrole nitrogens is 1. The van der Waals surface area contributed by atoms with Crippen molar-refractivity contribution in [3.05, 3.63) is 66.0 Å². The van der Waals surface area contributed by atoms with E-state index >= 15 is 0 Å². The molecule has 0 fully saturated rings. The van der Waals surface area contributed by atoms with Gasteiger partial charge in [-0.25, -0.2) is 4.98 Å². The number of aromatic nitrogens is 2. The van der Waals surface area contributed by atoms with E-state index in [1.807, 2.05) is 30.0 Å². The molecule has 1 heterocycles. The Balaban J connectivity index is 1.69. The van der Waals surface area contributed by atoms with Crippen LogP contribution in [0.15, 0.2) is 54.6 Å². The average molecular weight is 268 g/mol. The summed E-state index contributed by atoms with van der Waals surface area (Å²) >= 11 is 1.90. The Morgan fingerprint density at radius 2 is 1.79 bits per heavy atom. The second-order valence-electron chi connectivity index (χ2n) is 4.56. The number of nitrogens with zero attached hydrogens (tertiary/aromatic N) is 1. The van der Waals surface area contributed by atoms with Crippen LogP contribution in [-0.2, 0) is 5.75 Å². The molecular weight excluding hydrogens is 252 g/mol. The Morgan fingerprint density at radius 1 is 1.05 bits per heavy atom. The molecule has 0 bridgehead atoms. The van der Waals surface area contributed by atoms with Gasteiger partial charge in [0.1, 0.15) is 5.82 Å².